The molecule has 0 radical (unpaired) electrons. The van der Waals surface area contributed by atoms with E-state index >= 15 is 0 Å². The standard InChI is InChI=1S/C12H21N3/c1-2-5-10(13)12-14-8-11(15-12)9-6-3-4-7-9/h8-10H,2-7,13H2,1H3,(H,14,15). The third-order valence-electron chi connectivity index (χ3n) is 3.36. The first kappa shape index (κ1) is 10.7. The summed E-state index contributed by atoms with van der Waals surface area (Å²) < 4.78 is 0. The molecule has 1 fully saturated rings. The van der Waals surface area contributed by atoms with E-state index in [9.17, 15) is 0 Å². The van der Waals surface area contributed by atoms with Crippen LogP contribution in [0.1, 0.15) is 68.9 Å². The maximum absolute atomic E-state index is 6.02. The number of nitrogens with two attached hydrogens (primary N) is 1. The molecule has 1 aromatic heterocycles. The second kappa shape index (κ2) is 4.79. The van der Waals surface area contributed by atoms with E-state index in [0.29, 0.717) is 5.92 Å². The molecule has 0 saturated heterocycles. The van der Waals surface area contributed by atoms with Crippen LogP contribution in [0.2, 0.25) is 0 Å². The van der Waals surface area contributed by atoms with Crippen LogP contribution in [0.15, 0.2) is 6.20 Å². The topological polar surface area (TPSA) is 54.7 Å². The fourth-order valence-corrected chi connectivity index (χ4v) is 2.43. The molecule has 1 saturated carbocycles. The van der Waals surface area contributed by atoms with Gasteiger partial charge in [0, 0.05) is 17.8 Å². The van der Waals surface area contributed by atoms with Crippen LogP contribution < -0.4 is 5.73 Å². The van der Waals surface area contributed by atoms with Crippen LogP contribution in [0.3, 0.4) is 0 Å². The lowest BCUT2D eigenvalue weighted by molar-refractivity contribution is 0.603. The number of imidazole rings is 1. The predicted molar refractivity (Wildman–Crippen MR) is 61.6 cm³/mol. The molecule has 1 aliphatic rings. The molecule has 0 aliphatic heterocycles. The smallest absolute Gasteiger partial charge is 0.123 e. The minimum atomic E-state index is 0.0881. The zero-order valence-corrected chi connectivity index (χ0v) is 9.50. The second-order valence-electron chi connectivity index (χ2n) is 4.60. The number of aromatic nitrogens is 2. The van der Waals surface area contributed by atoms with Crippen molar-refractivity contribution in [2.24, 2.45) is 5.73 Å². The molecular weight excluding hydrogens is 186 g/mol. The van der Waals surface area contributed by atoms with Gasteiger partial charge in [-0.1, -0.05) is 26.2 Å². The van der Waals surface area contributed by atoms with Gasteiger partial charge in [0.25, 0.3) is 0 Å². The maximum Gasteiger partial charge on any atom is 0.123 e. The van der Waals surface area contributed by atoms with Crippen LogP contribution >= 0.6 is 0 Å². The van der Waals surface area contributed by atoms with Crippen molar-refractivity contribution in [3.63, 3.8) is 0 Å². The highest BCUT2D eigenvalue weighted by Gasteiger charge is 2.19. The summed E-state index contributed by atoms with van der Waals surface area (Å²) in [5.41, 5.74) is 7.32. The number of nitrogens with zero attached hydrogens (tertiary/aromatic N) is 1. The molecule has 3 heteroatoms. The van der Waals surface area contributed by atoms with Gasteiger partial charge in [-0.15, -0.1) is 0 Å². The van der Waals surface area contributed by atoms with Crippen LogP contribution in [0.5, 0.6) is 0 Å². The molecule has 1 unspecified atom stereocenters. The van der Waals surface area contributed by atoms with Gasteiger partial charge in [-0.2, -0.15) is 0 Å². The second-order valence-corrected chi connectivity index (χ2v) is 4.60. The van der Waals surface area contributed by atoms with Gasteiger partial charge in [0.05, 0.1) is 6.04 Å². The third-order valence-corrected chi connectivity index (χ3v) is 3.36. The Kier molecular flexibility index (Phi) is 3.41. The van der Waals surface area contributed by atoms with Crippen LogP contribution in [-0.2, 0) is 0 Å². The minimum Gasteiger partial charge on any atom is -0.344 e. The average Bonchev–Trinajstić information content (AvgIpc) is 2.89. The van der Waals surface area contributed by atoms with E-state index < -0.39 is 0 Å². The number of hydrogen-bond donors (Lipinski definition) is 2. The number of aromatic amines is 1. The van der Waals surface area contributed by atoms with Gasteiger partial charge in [-0.05, 0) is 19.3 Å². The van der Waals surface area contributed by atoms with Crippen LogP contribution in [0, 0.1) is 0 Å². The normalized spacial score (nSPS) is 19.6. The van der Waals surface area contributed by atoms with E-state index in [2.05, 4.69) is 16.9 Å². The highest BCUT2D eigenvalue weighted by atomic mass is 15.0. The first-order valence-electron chi connectivity index (χ1n) is 6.11. The van der Waals surface area contributed by atoms with E-state index in [1.165, 1.54) is 31.4 Å². The number of H-pyrrole nitrogens is 1. The van der Waals surface area contributed by atoms with Crippen LogP contribution in [-0.4, -0.2) is 9.97 Å². The molecule has 15 heavy (non-hydrogen) atoms. The fourth-order valence-electron chi connectivity index (χ4n) is 2.43. The zero-order chi connectivity index (χ0) is 10.7. The predicted octanol–water partition coefficient (Wildman–Crippen LogP) is 2.87. The van der Waals surface area contributed by atoms with Crippen LogP contribution in [0.25, 0.3) is 0 Å². The Bertz CT molecular complexity index is 300. The van der Waals surface area contributed by atoms with Crippen molar-refractivity contribution in [2.45, 2.75) is 57.4 Å². The lowest BCUT2D eigenvalue weighted by atomic mass is 10.1. The number of nitrogens with one attached hydrogen (secondary N) is 1. The van der Waals surface area contributed by atoms with Gasteiger partial charge < -0.3 is 10.7 Å². The first-order valence-corrected chi connectivity index (χ1v) is 6.11. The maximum atomic E-state index is 6.02. The van der Waals surface area contributed by atoms with E-state index in [0.717, 1.165) is 18.7 Å². The molecule has 1 aromatic rings. The summed E-state index contributed by atoms with van der Waals surface area (Å²) in [6.45, 7) is 2.15. The van der Waals surface area contributed by atoms with E-state index in [-0.39, 0.29) is 6.04 Å². The van der Waals surface area contributed by atoms with E-state index in [1.54, 1.807) is 0 Å². The highest BCUT2D eigenvalue weighted by Crippen LogP contribution is 2.33. The number of hydrogen-bond acceptors (Lipinski definition) is 2. The summed E-state index contributed by atoms with van der Waals surface area (Å²) in [6.07, 6.45) is 9.45. The fraction of sp³-hybridized carbons (Fsp3) is 0.750. The van der Waals surface area contributed by atoms with Crippen molar-refractivity contribution >= 4 is 0 Å². The van der Waals surface area contributed by atoms with Gasteiger partial charge in [-0.25, -0.2) is 4.98 Å². The first-order chi connectivity index (χ1) is 7.31. The molecule has 3 nitrogen and oxygen atoms in total. The van der Waals surface area contributed by atoms with Crippen molar-refractivity contribution < 1.29 is 0 Å². The summed E-state index contributed by atoms with van der Waals surface area (Å²) in [5.74, 6) is 1.68. The number of rotatable bonds is 4. The van der Waals surface area contributed by atoms with Gasteiger partial charge >= 0.3 is 0 Å². The molecular formula is C12H21N3. The minimum absolute atomic E-state index is 0.0881. The Morgan fingerprint density at radius 1 is 1.53 bits per heavy atom. The van der Waals surface area contributed by atoms with Gasteiger partial charge in [-0.3, -0.25) is 0 Å². The molecule has 84 valence electrons. The molecule has 1 aliphatic carbocycles. The molecule has 1 atom stereocenters. The zero-order valence-electron chi connectivity index (χ0n) is 9.50. The Hall–Kier alpha value is -0.830. The Morgan fingerprint density at radius 2 is 2.27 bits per heavy atom. The van der Waals surface area contributed by atoms with Crippen molar-refractivity contribution in [2.75, 3.05) is 0 Å². The quantitative estimate of drug-likeness (QED) is 0.797. The van der Waals surface area contributed by atoms with Crippen molar-refractivity contribution in [3.8, 4) is 0 Å². The Morgan fingerprint density at radius 3 is 2.93 bits per heavy atom. The molecule has 3 N–H and O–H groups in total. The summed E-state index contributed by atoms with van der Waals surface area (Å²) in [4.78, 5) is 7.80. The summed E-state index contributed by atoms with van der Waals surface area (Å²) >= 11 is 0. The van der Waals surface area contributed by atoms with Gasteiger partial charge in [0.2, 0.25) is 0 Å². The average molecular weight is 207 g/mol. The third kappa shape index (κ3) is 2.40. The van der Waals surface area contributed by atoms with Crippen LogP contribution in [0.4, 0.5) is 0 Å². The SMILES string of the molecule is CCCC(N)c1ncc(C2CCCC2)[nH]1. The Labute approximate surface area is 91.5 Å². The summed E-state index contributed by atoms with van der Waals surface area (Å²) in [6, 6.07) is 0.0881. The highest BCUT2D eigenvalue weighted by molar-refractivity contribution is 5.10. The largest absolute Gasteiger partial charge is 0.344 e. The molecule has 0 spiro atoms. The van der Waals surface area contributed by atoms with Gasteiger partial charge in [0.1, 0.15) is 5.82 Å². The van der Waals surface area contributed by atoms with E-state index in [4.69, 9.17) is 5.73 Å². The molecule has 2 rings (SSSR count). The van der Waals surface area contributed by atoms with Crippen molar-refractivity contribution in [3.05, 3.63) is 17.7 Å². The van der Waals surface area contributed by atoms with Gasteiger partial charge in [0.15, 0.2) is 0 Å². The Balaban J connectivity index is 2.02. The molecule has 0 bridgehead atoms. The summed E-state index contributed by atoms with van der Waals surface area (Å²) in [5, 5.41) is 0. The lowest BCUT2D eigenvalue weighted by Gasteiger charge is -2.07. The molecule has 0 amide bonds. The summed E-state index contributed by atoms with van der Waals surface area (Å²) in [7, 11) is 0. The van der Waals surface area contributed by atoms with E-state index in [1.807, 2.05) is 6.20 Å². The van der Waals surface area contributed by atoms with Crippen molar-refractivity contribution in [1.29, 1.82) is 0 Å². The molecule has 0 aromatic carbocycles. The monoisotopic (exact) mass is 207 g/mol. The van der Waals surface area contributed by atoms with Crippen molar-refractivity contribution in [1.82, 2.24) is 9.97 Å². The molecule has 1 heterocycles. The lowest BCUT2D eigenvalue weighted by Crippen LogP contribution is -2.11.